The molecule has 3 nitrogen and oxygen atoms in total. The van der Waals surface area contributed by atoms with Gasteiger partial charge in [-0.25, -0.2) is 0 Å². The van der Waals surface area contributed by atoms with Crippen LogP contribution in [0.3, 0.4) is 0 Å². The fourth-order valence-corrected chi connectivity index (χ4v) is 4.86. The van der Waals surface area contributed by atoms with Crippen molar-refractivity contribution in [2.45, 2.75) is 38.5 Å². The van der Waals surface area contributed by atoms with Crippen LogP contribution in [-0.2, 0) is 4.79 Å². The SMILES string of the molecule is NCC(=O)NCC12CC3CC(CC(C3)C1)C2. The minimum absolute atomic E-state index is 0.00995. The van der Waals surface area contributed by atoms with Crippen molar-refractivity contribution in [2.75, 3.05) is 13.1 Å². The smallest absolute Gasteiger partial charge is 0.233 e. The van der Waals surface area contributed by atoms with E-state index >= 15 is 0 Å². The maximum atomic E-state index is 11.3. The zero-order chi connectivity index (χ0) is 11.2. The molecule has 0 unspecified atom stereocenters. The number of hydrogen-bond donors (Lipinski definition) is 2. The van der Waals surface area contributed by atoms with Crippen LogP contribution in [0.1, 0.15) is 38.5 Å². The minimum Gasteiger partial charge on any atom is -0.354 e. The maximum Gasteiger partial charge on any atom is 0.233 e. The Morgan fingerprint density at radius 1 is 1.12 bits per heavy atom. The van der Waals surface area contributed by atoms with Crippen LogP contribution in [0.25, 0.3) is 0 Å². The molecule has 0 aromatic heterocycles. The highest BCUT2D eigenvalue weighted by Gasteiger charge is 2.50. The van der Waals surface area contributed by atoms with Crippen LogP contribution in [0.15, 0.2) is 0 Å². The average Bonchev–Trinajstić information content (AvgIpc) is 2.24. The monoisotopic (exact) mass is 222 g/mol. The summed E-state index contributed by atoms with van der Waals surface area (Å²) >= 11 is 0. The molecule has 0 aromatic carbocycles. The van der Waals surface area contributed by atoms with Gasteiger partial charge in [0.2, 0.25) is 5.91 Å². The second-order valence-electron chi connectivity index (χ2n) is 6.40. The first-order chi connectivity index (χ1) is 7.69. The van der Waals surface area contributed by atoms with Crippen LogP contribution in [0.2, 0.25) is 0 Å². The maximum absolute atomic E-state index is 11.3. The van der Waals surface area contributed by atoms with E-state index in [0.717, 1.165) is 24.3 Å². The Hall–Kier alpha value is -0.570. The Morgan fingerprint density at radius 2 is 1.62 bits per heavy atom. The number of rotatable bonds is 3. The molecule has 0 saturated heterocycles. The van der Waals surface area contributed by atoms with E-state index in [0.29, 0.717) is 5.41 Å². The van der Waals surface area contributed by atoms with Crippen molar-refractivity contribution in [2.24, 2.45) is 28.9 Å². The largest absolute Gasteiger partial charge is 0.354 e. The number of carbonyl (C=O) groups excluding carboxylic acids is 1. The molecule has 1 amide bonds. The third kappa shape index (κ3) is 1.75. The summed E-state index contributed by atoms with van der Waals surface area (Å²) in [6.07, 6.45) is 8.44. The van der Waals surface area contributed by atoms with Crippen molar-refractivity contribution >= 4 is 5.91 Å². The summed E-state index contributed by atoms with van der Waals surface area (Å²) < 4.78 is 0. The summed E-state index contributed by atoms with van der Waals surface area (Å²) in [4.78, 5) is 11.3. The van der Waals surface area contributed by atoms with Crippen molar-refractivity contribution in [3.63, 3.8) is 0 Å². The summed E-state index contributed by atoms with van der Waals surface area (Å²) in [5, 5.41) is 3.03. The Kier molecular flexibility index (Phi) is 2.46. The highest BCUT2D eigenvalue weighted by atomic mass is 16.1. The molecule has 4 rings (SSSR count). The molecular formula is C13H22N2O. The van der Waals surface area contributed by atoms with Crippen molar-refractivity contribution in [1.29, 1.82) is 0 Å². The van der Waals surface area contributed by atoms with Crippen LogP contribution in [0.5, 0.6) is 0 Å². The fourth-order valence-electron chi connectivity index (χ4n) is 4.86. The molecule has 3 heteroatoms. The van der Waals surface area contributed by atoms with Crippen LogP contribution < -0.4 is 11.1 Å². The molecule has 4 saturated carbocycles. The molecule has 3 N–H and O–H groups in total. The van der Waals surface area contributed by atoms with Crippen LogP contribution in [-0.4, -0.2) is 19.0 Å². The second kappa shape index (κ2) is 3.73. The lowest BCUT2D eigenvalue weighted by Crippen LogP contribution is -2.51. The third-order valence-electron chi connectivity index (χ3n) is 5.01. The number of nitrogens with one attached hydrogen (secondary N) is 1. The summed E-state index contributed by atoms with van der Waals surface area (Å²) in [5.41, 5.74) is 5.78. The normalized spacial score (nSPS) is 44.7. The predicted molar refractivity (Wildman–Crippen MR) is 62.7 cm³/mol. The lowest BCUT2D eigenvalue weighted by molar-refractivity contribution is -0.121. The number of nitrogens with two attached hydrogens (primary N) is 1. The highest BCUT2D eigenvalue weighted by molar-refractivity contribution is 5.77. The van der Waals surface area contributed by atoms with Gasteiger partial charge in [-0.3, -0.25) is 4.79 Å². The molecular weight excluding hydrogens is 200 g/mol. The van der Waals surface area contributed by atoms with Gasteiger partial charge in [-0.1, -0.05) is 0 Å². The lowest BCUT2D eigenvalue weighted by atomic mass is 9.49. The zero-order valence-corrected chi connectivity index (χ0v) is 9.87. The molecule has 0 spiro atoms. The Balaban J connectivity index is 1.67. The van der Waals surface area contributed by atoms with Crippen molar-refractivity contribution in [3.05, 3.63) is 0 Å². The molecule has 0 aliphatic heterocycles. The molecule has 90 valence electrons. The topological polar surface area (TPSA) is 55.1 Å². The van der Waals surface area contributed by atoms with Gasteiger partial charge in [-0.15, -0.1) is 0 Å². The summed E-state index contributed by atoms with van der Waals surface area (Å²) in [6, 6.07) is 0. The van der Waals surface area contributed by atoms with E-state index in [1.165, 1.54) is 38.5 Å². The van der Waals surface area contributed by atoms with Crippen LogP contribution >= 0.6 is 0 Å². The quantitative estimate of drug-likeness (QED) is 0.755. The van der Waals surface area contributed by atoms with Crippen molar-refractivity contribution in [1.82, 2.24) is 5.32 Å². The zero-order valence-electron chi connectivity index (χ0n) is 9.87. The van der Waals surface area contributed by atoms with E-state index in [2.05, 4.69) is 5.32 Å². The summed E-state index contributed by atoms with van der Waals surface area (Å²) in [5.74, 6) is 2.89. The first kappa shape index (κ1) is 10.6. The van der Waals surface area contributed by atoms with E-state index < -0.39 is 0 Å². The Bertz CT molecular complexity index is 265. The average molecular weight is 222 g/mol. The van der Waals surface area contributed by atoms with E-state index in [1.807, 2.05) is 0 Å². The first-order valence-electron chi connectivity index (χ1n) is 6.66. The molecule has 0 heterocycles. The van der Waals surface area contributed by atoms with Crippen LogP contribution in [0, 0.1) is 23.2 Å². The Morgan fingerprint density at radius 3 is 2.06 bits per heavy atom. The molecule has 0 radical (unpaired) electrons. The van der Waals surface area contributed by atoms with Gasteiger partial charge in [0.15, 0.2) is 0 Å². The molecule has 4 bridgehead atoms. The molecule has 4 fully saturated rings. The number of hydrogen-bond acceptors (Lipinski definition) is 2. The van der Waals surface area contributed by atoms with Gasteiger partial charge in [0.25, 0.3) is 0 Å². The molecule has 4 aliphatic rings. The highest BCUT2D eigenvalue weighted by Crippen LogP contribution is 2.59. The van der Waals surface area contributed by atoms with Crippen molar-refractivity contribution < 1.29 is 4.79 Å². The van der Waals surface area contributed by atoms with E-state index in [9.17, 15) is 4.79 Å². The lowest BCUT2D eigenvalue weighted by Gasteiger charge is -2.56. The van der Waals surface area contributed by atoms with Crippen LogP contribution in [0.4, 0.5) is 0 Å². The van der Waals surface area contributed by atoms with Gasteiger partial charge in [-0.2, -0.15) is 0 Å². The minimum atomic E-state index is 0.00995. The molecule has 0 atom stereocenters. The van der Waals surface area contributed by atoms with Gasteiger partial charge < -0.3 is 11.1 Å². The van der Waals surface area contributed by atoms with E-state index in [4.69, 9.17) is 5.73 Å². The van der Waals surface area contributed by atoms with Gasteiger partial charge in [0, 0.05) is 6.54 Å². The van der Waals surface area contributed by atoms with Gasteiger partial charge in [0.1, 0.15) is 0 Å². The predicted octanol–water partition coefficient (Wildman–Crippen LogP) is 1.28. The third-order valence-corrected chi connectivity index (χ3v) is 5.01. The molecule has 0 aromatic rings. The van der Waals surface area contributed by atoms with E-state index in [-0.39, 0.29) is 12.5 Å². The van der Waals surface area contributed by atoms with Gasteiger partial charge >= 0.3 is 0 Å². The van der Waals surface area contributed by atoms with Gasteiger partial charge in [-0.05, 0) is 61.7 Å². The standard InChI is InChI=1S/C13H22N2O/c14-7-12(16)15-8-13-4-9-1-10(5-13)3-11(2-9)6-13/h9-11H,1-8,14H2,(H,15,16). The number of amides is 1. The first-order valence-corrected chi connectivity index (χ1v) is 6.66. The molecule has 16 heavy (non-hydrogen) atoms. The summed E-state index contributed by atoms with van der Waals surface area (Å²) in [7, 11) is 0. The number of carbonyl (C=O) groups is 1. The Labute approximate surface area is 97.2 Å². The van der Waals surface area contributed by atoms with E-state index in [1.54, 1.807) is 0 Å². The van der Waals surface area contributed by atoms with Gasteiger partial charge in [0.05, 0.1) is 6.54 Å². The second-order valence-corrected chi connectivity index (χ2v) is 6.40. The fraction of sp³-hybridized carbons (Fsp3) is 0.923. The summed E-state index contributed by atoms with van der Waals surface area (Å²) in [6.45, 7) is 1.01. The van der Waals surface area contributed by atoms with Crippen molar-refractivity contribution in [3.8, 4) is 0 Å². The molecule has 4 aliphatic carbocycles.